The van der Waals surface area contributed by atoms with Crippen LogP contribution in [0.1, 0.15) is 40.0 Å². The van der Waals surface area contributed by atoms with E-state index in [-0.39, 0.29) is 11.6 Å². The molecule has 1 aliphatic carbocycles. The van der Waals surface area contributed by atoms with Gasteiger partial charge in [-0.05, 0) is 66.6 Å². The van der Waals surface area contributed by atoms with Crippen LogP contribution in [0.3, 0.4) is 0 Å². The fourth-order valence-electron chi connectivity index (χ4n) is 3.43. The summed E-state index contributed by atoms with van der Waals surface area (Å²) in [5, 5.41) is 17.3. The van der Waals surface area contributed by atoms with Gasteiger partial charge in [0.2, 0.25) is 5.69 Å². The summed E-state index contributed by atoms with van der Waals surface area (Å²) < 4.78 is 12.6. The van der Waals surface area contributed by atoms with E-state index in [1.54, 1.807) is 7.11 Å². The van der Waals surface area contributed by atoms with Crippen molar-refractivity contribution < 1.29 is 19.4 Å². The Morgan fingerprint density at radius 3 is 2.50 bits per heavy atom. The topological polar surface area (TPSA) is 86.5 Å². The Bertz CT molecular complexity index is 995. The number of hydrogen-bond acceptors (Lipinski definition) is 5. The fraction of sp³-hybridized carbons (Fsp3) is 0.286. The van der Waals surface area contributed by atoms with Gasteiger partial charge in [-0.2, -0.15) is 0 Å². The molecule has 0 aliphatic heterocycles. The maximum Gasteiger partial charge on any atom is 0.362 e. The number of carboxylic acids is 1. The number of carbonyl (C=O) groups is 1. The first kappa shape index (κ1) is 18.0. The Kier molecular flexibility index (Phi) is 4.97. The van der Waals surface area contributed by atoms with Gasteiger partial charge in [0.25, 0.3) is 5.88 Å². The highest BCUT2D eigenvalue weighted by molar-refractivity contribution is 5.87. The minimum absolute atomic E-state index is 0.124. The lowest BCUT2D eigenvalue weighted by Gasteiger charge is -2.17. The van der Waals surface area contributed by atoms with Gasteiger partial charge < -0.3 is 14.6 Å². The molecule has 4 rings (SSSR count). The molecule has 0 saturated carbocycles. The molecule has 0 unspecified atom stereocenters. The lowest BCUT2D eigenvalue weighted by Crippen LogP contribution is -2.07. The van der Waals surface area contributed by atoms with Crippen LogP contribution in [0.2, 0.25) is 0 Å². The van der Waals surface area contributed by atoms with Crippen LogP contribution in [0.4, 0.5) is 0 Å². The Balaban J connectivity index is 1.63. The van der Waals surface area contributed by atoms with E-state index in [0.717, 1.165) is 30.6 Å². The number of fused-ring (bicyclic) bond motifs is 1. The van der Waals surface area contributed by atoms with Crippen LogP contribution in [0.15, 0.2) is 42.5 Å². The summed E-state index contributed by atoms with van der Waals surface area (Å²) in [4.78, 5) is 11.6. The number of aromatic carboxylic acids is 1. The second kappa shape index (κ2) is 7.72. The van der Waals surface area contributed by atoms with Crippen molar-refractivity contribution in [1.82, 2.24) is 15.0 Å². The van der Waals surface area contributed by atoms with Gasteiger partial charge in [-0.15, -0.1) is 5.10 Å². The van der Waals surface area contributed by atoms with Gasteiger partial charge in [-0.1, -0.05) is 23.4 Å². The van der Waals surface area contributed by atoms with Gasteiger partial charge in [-0.25, -0.2) is 9.48 Å². The van der Waals surface area contributed by atoms with Gasteiger partial charge in [0.15, 0.2) is 0 Å². The average Bonchev–Trinajstić information content (AvgIpc) is 3.11. The van der Waals surface area contributed by atoms with E-state index >= 15 is 0 Å². The molecule has 1 aromatic heterocycles. The highest BCUT2D eigenvalue weighted by atomic mass is 16.5. The minimum atomic E-state index is -1.17. The molecule has 0 saturated heterocycles. The molecule has 7 nitrogen and oxygen atoms in total. The highest BCUT2D eigenvalue weighted by Crippen LogP contribution is 2.30. The van der Waals surface area contributed by atoms with E-state index in [1.165, 1.54) is 22.2 Å². The van der Waals surface area contributed by atoms with Crippen LogP contribution in [-0.4, -0.2) is 33.2 Å². The predicted octanol–water partition coefficient (Wildman–Crippen LogP) is 3.70. The smallest absolute Gasteiger partial charge is 0.362 e. The zero-order valence-electron chi connectivity index (χ0n) is 15.6. The van der Waals surface area contributed by atoms with E-state index in [9.17, 15) is 9.90 Å². The summed E-state index contributed by atoms with van der Waals surface area (Å²) in [5.41, 5.74) is 3.32. The summed E-state index contributed by atoms with van der Waals surface area (Å²) in [6.45, 7) is 0.338. The molecule has 0 spiro atoms. The lowest BCUT2D eigenvalue weighted by molar-refractivity contribution is 0.0687. The molecule has 0 fully saturated rings. The van der Waals surface area contributed by atoms with E-state index in [2.05, 4.69) is 16.4 Å². The number of aromatic nitrogens is 3. The van der Waals surface area contributed by atoms with Crippen molar-refractivity contribution in [1.29, 1.82) is 0 Å². The maximum atomic E-state index is 11.6. The number of rotatable bonds is 6. The summed E-state index contributed by atoms with van der Waals surface area (Å²) in [7, 11) is 1.61. The second-order valence-electron chi connectivity index (χ2n) is 6.79. The van der Waals surface area contributed by atoms with Crippen molar-refractivity contribution in [3.8, 4) is 17.4 Å². The summed E-state index contributed by atoms with van der Waals surface area (Å²) in [6, 6.07) is 13.4. The van der Waals surface area contributed by atoms with Gasteiger partial charge >= 0.3 is 5.97 Å². The number of benzene rings is 2. The highest BCUT2D eigenvalue weighted by Gasteiger charge is 2.22. The van der Waals surface area contributed by atoms with Crippen molar-refractivity contribution in [3.05, 3.63) is 64.8 Å². The van der Waals surface area contributed by atoms with E-state index in [0.29, 0.717) is 12.3 Å². The van der Waals surface area contributed by atoms with Gasteiger partial charge in [0.05, 0.1) is 13.7 Å². The monoisotopic (exact) mass is 379 g/mol. The van der Waals surface area contributed by atoms with Crippen molar-refractivity contribution >= 4 is 5.97 Å². The summed E-state index contributed by atoms with van der Waals surface area (Å²) >= 11 is 0. The molecule has 7 heteroatoms. The zero-order chi connectivity index (χ0) is 19.5. The van der Waals surface area contributed by atoms with Crippen LogP contribution in [0, 0.1) is 0 Å². The van der Waals surface area contributed by atoms with E-state index < -0.39 is 5.97 Å². The predicted molar refractivity (Wildman–Crippen MR) is 102 cm³/mol. The molecule has 2 aromatic carbocycles. The standard InChI is InChI=1S/C21H21N3O4/c1-27-17-9-6-14(7-10-17)13-24-20(19(21(25)26)22-23-24)28-18-11-8-15-4-2-3-5-16(15)12-18/h6-12H,2-5,13H2,1H3,(H,25,26). The van der Waals surface area contributed by atoms with Crippen LogP contribution in [0.25, 0.3) is 0 Å². The normalized spacial score (nSPS) is 13.0. The molecular weight excluding hydrogens is 358 g/mol. The zero-order valence-corrected chi connectivity index (χ0v) is 15.6. The SMILES string of the molecule is COc1ccc(Cn2nnc(C(=O)O)c2Oc2ccc3c(c2)CCCC3)cc1. The molecule has 1 heterocycles. The minimum Gasteiger partial charge on any atom is -0.497 e. The number of methoxy groups -OCH3 is 1. The maximum absolute atomic E-state index is 11.6. The van der Waals surface area contributed by atoms with Crippen LogP contribution in [-0.2, 0) is 19.4 Å². The summed E-state index contributed by atoms with van der Waals surface area (Å²) in [5.74, 6) is 0.300. The van der Waals surface area contributed by atoms with Crippen molar-refractivity contribution in [3.63, 3.8) is 0 Å². The first-order chi connectivity index (χ1) is 13.6. The Hall–Kier alpha value is -3.35. The molecule has 0 amide bonds. The van der Waals surface area contributed by atoms with E-state index in [4.69, 9.17) is 9.47 Å². The Morgan fingerprint density at radius 1 is 1.07 bits per heavy atom. The van der Waals surface area contributed by atoms with Crippen molar-refractivity contribution in [2.24, 2.45) is 0 Å². The van der Waals surface area contributed by atoms with Crippen molar-refractivity contribution in [2.75, 3.05) is 7.11 Å². The molecule has 0 atom stereocenters. The molecular formula is C21H21N3O4. The number of ether oxygens (including phenoxy) is 2. The molecule has 3 aromatic rings. The molecule has 1 N–H and O–H groups in total. The lowest BCUT2D eigenvalue weighted by atomic mass is 9.92. The second-order valence-corrected chi connectivity index (χ2v) is 6.79. The molecule has 28 heavy (non-hydrogen) atoms. The number of nitrogens with zero attached hydrogens (tertiary/aromatic N) is 3. The molecule has 144 valence electrons. The summed E-state index contributed by atoms with van der Waals surface area (Å²) in [6.07, 6.45) is 4.46. The number of hydrogen-bond donors (Lipinski definition) is 1. The molecule has 1 aliphatic rings. The average molecular weight is 379 g/mol. The third-order valence-electron chi connectivity index (χ3n) is 4.92. The van der Waals surface area contributed by atoms with Crippen molar-refractivity contribution in [2.45, 2.75) is 32.2 Å². The first-order valence-electron chi connectivity index (χ1n) is 9.23. The third kappa shape index (κ3) is 3.69. The van der Waals surface area contributed by atoms with E-state index in [1.807, 2.05) is 36.4 Å². The van der Waals surface area contributed by atoms with Crippen LogP contribution >= 0.6 is 0 Å². The molecule has 0 bridgehead atoms. The first-order valence-corrected chi connectivity index (χ1v) is 9.23. The number of carboxylic acid groups (broad SMARTS) is 1. The largest absolute Gasteiger partial charge is 0.497 e. The van der Waals surface area contributed by atoms with Gasteiger partial charge in [-0.3, -0.25) is 0 Å². The number of aryl methyl sites for hydroxylation is 2. The Morgan fingerprint density at radius 2 is 1.79 bits per heavy atom. The van der Waals surface area contributed by atoms with Crippen LogP contribution < -0.4 is 9.47 Å². The van der Waals surface area contributed by atoms with Crippen LogP contribution in [0.5, 0.6) is 17.4 Å². The third-order valence-corrected chi connectivity index (χ3v) is 4.92. The van der Waals surface area contributed by atoms with Gasteiger partial charge in [0.1, 0.15) is 11.5 Å². The van der Waals surface area contributed by atoms with Gasteiger partial charge in [0, 0.05) is 0 Å². The molecule has 0 radical (unpaired) electrons. The fourth-order valence-corrected chi connectivity index (χ4v) is 3.43. The quantitative estimate of drug-likeness (QED) is 0.703. The Labute approximate surface area is 162 Å².